The smallest absolute Gasteiger partial charge is 0.191 e. The van der Waals surface area contributed by atoms with Crippen molar-refractivity contribution in [1.29, 1.82) is 0 Å². The van der Waals surface area contributed by atoms with Crippen LogP contribution in [0.1, 0.15) is 19.4 Å². The third-order valence-electron chi connectivity index (χ3n) is 5.53. The number of aromatic nitrogens is 3. The molecule has 0 bridgehead atoms. The zero-order valence-corrected chi connectivity index (χ0v) is 18.2. The number of carbonyl (C=O) groups excluding carboxylic acids is 1. The topological polar surface area (TPSA) is 51.0 Å². The van der Waals surface area contributed by atoms with Crippen LogP contribution < -0.4 is 4.90 Å². The molecule has 154 valence electrons. The predicted molar refractivity (Wildman–Crippen MR) is 118 cm³/mol. The molecule has 0 radical (unpaired) electrons. The lowest BCUT2D eigenvalue weighted by Crippen LogP contribution is -2.24. The number of hydrogen-bond donors (Lipinski definition) is 0. The monoisotopic (exact) mass is 422 g/mol. The molecular formula is C23H23FN4OS. The number of hydrogen-bond acceptors (Lipinski definition) is 5. The minimum atomic E-state index is -0.351. The van der Waals surface area contributed by atoms with Crippen LogP contribution in [0, 0.1) is 5.82 Å². The van der Waals surface area contributed by atoms with E-state index in [0.29, 0.717) is 16.5 Å². The molecule has 5 nitrogen and oxygen atoms in total. The minimum absolute atomic E-state index is 0.00169. The SMILES string of the molecule is CN1/C(=C\C(=O)CSc2nnc(-c3ccccc3F)n2C)C(C)(C)c2ccccc21. The van der Waals surface area contributed by atoms with Crippen molar-refractivity contribution in [3.05, 3.63) is 71.7 Å². The summed E-state index contributed by atoms with van der Waals surface area (Å²) in [4.78, 5) is 14.8. The van der Waals surface area contributed by atoms with Crippen molar-refractivity contribution in [2.75, 3.05) is 17.7 Å². The van der Waals surface area contributed by atoms with Gasteiger partial charge in [0, 0.05) is 37.0 Å². The van der Waals surface area contributed by atoms with Crippen LogP contribution in [0.25, 0.3) is 11.4 Å². The third kappa shape index (κ3) is 3.43. The fourth-order valence-electron chi connectivity index (χ4n) is 3.91. The first-order valence-corrected chi connectivity index (χ1v) is 10.6. The first-order chi connectivity index (χ1) is 14.3. The Labute approximate surface area is 179 Å². The predicted octanol–water partition coefficient (Wildman–Crippen LogP) is 4.59. The molecule has 4 rings (SSSR count). The number of rotatable bonds is 5. The van der Waals surface area contributed by atoms with Crippen molar-refractivity contribution in [1.82, 2.24) is 14.8 Å². The Hall–Kier alpha value is -2.93. The summed E-state index contributed by atoms with van der Waals surface area (Å²) < 4.78 is 15.8. The maximum atomic E-state index is 14.1. The number of carbonyl (C=O) groups is 1. The van der Waals surface area contributed by atoms with E-state index < -0.39 is 0 Å². The van der Waals surface area contributed by atoms with Gasteiger partial charge < -0.3 is 9.47 Å². The summed E-state index contributed by atoms with van der Waals surface area (Å²) in [5, 5.41) is 8.82. The van der Waals surface area contributed by atoms with Crippen LogP contribution in [0.3, 0.4) is 0 Å². The van der Waals surface area contributed by atoms with Gasteiger partial charge in [-0.2, -0.15) is 0 Å². The summed E-state index contributed by atoms with van der Waals surface area (Å²) in [6.45, 7) is 4.26. The molecule has 1 aliphatic heterocycles. The maximum Gasteiger partial charge on any atom is 0.191 e. The van der Waals surface area contributed by atoms with Gasteiger partial charge >= 0.3 is 0 Å². The molecule has 3 aromatic rings. The molecule has 0 fully saturated rings. The van der Waals surface area contributed by atoms with Crippen LogP contribution in [0.2, 0.25) is 0 Å². The van der Waals surface area contributed by atoms with Crippen molar-refractivity contribution in [2.45, 2.75) is 24.4 Å². The van der Waals surface area contributed by atoms with E-state index in [1.807, 2.05) is 19.2 Å². The number of para-hydroxylation sites is 1. The Balaban J connectivity index is 1.51. The van der Waals surface area contributed by atoms with E-state index in [1.165, 1.54) is 23.4 Å². The molecule has 0 N–H and O–H groups in total. The zero-order chi connectivity index (χ0) is 21.5. The van der Waals surface area contributed by atoms with Crippen molar-refractivity contribution in [3.8, 4) is 11.4 Å². The van der Waals surface area contributed by atoms with Gasteiger partial charge in [0.25, 0.3) is 0 Å². The number of benzene rings is 2. The van der Waals surface area contributed by atoms with E-state index in [4.69, 9.17) is 0 Å². The molecule has 1 aromatic heterocycles. The van der Waals surface area contributed by atoms with Gasteiger partial charge in [-0.05, 0) is 23.8 Å². The van der Waals surface area contributed by atoms with Gasteiger partial charge in [0.05, 0.1) is 11.3 Å². The highest BCUT2D eigenvalue weighted by molar-refractivity contribution is 7.99. The number of likely N-dealkylation sites (N-methyl/N-ethyl adjacent to an activating group) is 1. The average Bonchev–Trinajstić information content (AvgIpc) is 3.18. The molecule has 0 unspecified atom stereocenters. The lowest BCUT2D eigenvalue weighted by molar-refractivity contribution is -0.112. The van der Waals surface area contributed by atoms with Gasteiger partial charge in [-0.3, -0.25) is 4.79 Å². The lowest BCUT2D eigenvalue weighted by Gasteiger charge is -2.23. The molecule has 0 saturated heterocycles. The first kappa shape index (κ1) is 20.3. The first-order valence-electron chi connectivity index (χ1n) is 9.66. The molecule has 0 amide bonds. The largest absolute Gasteiger partial charge is 0.347 e. The molecule has 1 aliphatic rings. The summed E-state index contributed by atoms with van der Waals surface area (Å²) in [7, 11) is 3.76. The summed E-state index contributed by atoms with van der Waals surface area (Å²) >= 11 is 1.30. The number of thioether (sulfide) groups is 1. The fraction of sp³-hybridized carbons (Fsp3) is 0.261. The van der Waals surface area contributed by atoms with E-state index in [2.05, 4.69) is 41.1 Å². The van der Waals surface area contributed by atoms with Crippen LogP contribution in [0.4, 0.5) is 10.1 Å². The molecule has 0 aliphatic carbocycles. The van der Waals surface area contributed by atoms with E-state index in [0.717, 1.165) is 11.4 Å². The van der Waals surface area contributed by atoms with Crippen LogP contribution in [0.5, 0.6) is 0 Å². The second-order valence-corrected chi connectivity index (χ2v) is 8.77. The molecule has 7 heteroatoms. The van der Waals surface area contributed by atoms with Crippen LogP contribution in [-0.4, -0.2) is 33.3 Å². The van der Waals surface area contributed by atoms with Crippen molar-refractivity contribution in [2.24, 2.45) is 7.05 Å². The van der Waals surface area contributed by atoms with Crippen LogP contribution >= 0.6 is 11.8 Å². The highest BCUT2D eigenvalue weighted by Crippen LogP contribution is 2.46. The Morgan fingerprint density at radius 2 is 1.80 bits per heavy atom. The Morgan fingerprint density at radius 3 is 2.53 bits per heavy atom. The summed E-state index contributed by atoms with van der Waals surface area (Å²) in [5.41, 5.74) is 3.45. The van der Waals surface area contributed by atoms with Gasteiger partial charge in [-0.15, -0.1) is 10.2 Å². The van der Waals surface area contributed by atoms with Crippen LogP contribution in [-0.2, 0) is 17.3 Å². The molecule has 0 atom stereocenters. The standard InChI is InChI=1S/C23H23FN4OS/c1-23(2)17-10-6-8-12-19(17)27(3)20(23)13-15(29)14-30-22-26-25-21(28(22)4)16-9-5-7-11-18(16)24/h5-13H,14H2,1-4H3/b20-13-. The molecule has 2 heterocycles. The summed E-state index contributed by atoms with van der Waals surface area (Å²) in [5.74, 6) is 0.315. The number of allylic oxidation sites excluding steroid dienone is 2. The van der Waals surface area contributed by atoms with Gasteiger partial charge in [0.1, 0.15) is 5.82 Å². The third-order valence-corrected chi connectivity index (χ3v) is 6.57. The van der Waals surface area contributed by atoms with Crippen molar-refractivity contribution in [3.63, 3.8) is 0 Å². The molecule has 0 spiro atoms. The molecule has 2 aromatic carbocycles. The van der Waals surface area contributed by atoms with Gasteiger partial charge in [-0.1, -0.05) is 55.9 Å². The summed E-state index contributed by atoms with van der Waals surface area (Å²) in [6, 6.07) is 14.7. The quantitative estimate of drug-likeness (QED) is 0.445. The minimum Gasteiger partial charge on any atom is -0.347 e. The number of halogens is 1. The van der Waals surface area contributed by atoms with Crippen molar-refractivity contribution >= 4 is 23.2 Å². The fourth-order valence-corrected chi connectivity index (χ4v) is 4.64. The number of nitrogens with zero attached hydrogens (tertiary/aromatic N) is 4. The van der Waals surface area contributed by atoms with Crippen LogP contribution in [0.15, 0.2) is 65.5 Å². The van der Waals surface area contributed by atoms with E-state index in [1.54, 1.807) is 35.9 Å². The summed E-state index contributed by atoms with van der Waals surface area (Å²) in [6.07, 6.45) is 1.72. The van der Waals surface area contributed by atoms with Gasteiger partial charge in [0.2, 0.25) is 0 Å². The number of anilines is 1. The Morgan fingerprint density at radius 1 is 1.10 bits per heavy atom. The van der Waals surface area contributed by atoms with E-state index >= 15 is 0 Å². The van der Waals surface area contributed by atoms with E-state index in [-0.39, 0.29) is 22.8 Å². The molecular weight excluding hydrogens is 399 g/mol. The molecule has 30 heavy (non-hydrogen) atoms. The number of fused-ring (bicyclic) bond motifs is 1. The second kappa shape index (κ2) is 7.72. The highest BCUT2D eigenvalue weighted by atomic mass is 32.2. The lowest BCUT2D eigenvalue weighted by atomic mass is 9.83. The second-order valence-electron chi connectivity index (χ2n) is 7.83. The van der Waals surface area contributed by atoms with Gasteiger partial charge in [-0.25, -0.2) is 4.39 Å². The average molecular weight is 423 g/mol. The highest BCUT2D eigenvalue weighted by Gasteiger charge is 2.38. The molecule has 0 saturated carbocycles. The normalized spacial score (nSPS) is 16.2. The zero-order valence-electron chi connectivity index (χ0n) is 17.4. The Kier molecular flexibility index (Phi) is 5.24. The Bertz CT molecular complexity index is 1150. The van der Waals surface area contributed by atoms with Gasteiger partial charge in [0.15, 0.2) is 16.8 Å². The van der Waals surface area contributed by atoms with E-state index in [9.17, 15) is 9.18 Å². The number of ketones is 1. The van der Waals surface area contributed by atoms with Crippen molar-refractivity contribution < 1.29 is 9.18 Å². The maximum absolute atomic E-state index is 14.1.